The molecule has 82 valence electrons. The third-order valence-electron chi connectivity index (χ3n) is 1.82. The zero-order valence-corrected chi connectivity index (χ0v) is 9.55. The lowest BCUT2D eigenvalue weighted by Crippen LogP contribution is -2.32. The Hall–Kier alpha value is -0.560. The molecular weight excluding hydrogens is 176 g/mol. The summed E-state index contributed by atoms with van der Waals surface area (Å²) in [6, 6.07) is 0. The van der Waals surface area contributed by atoms with E-state index in [4.69, 9.17) is 11.2 Å². The minimum absolute atomic E-state index is 0.322. The first-order chi connectivity index (χ1) is 6.66. The van der Waals surface area contributed by atoms with Gasteiger partial charge in [-0.15, -0.1) is 6.42 Å². The van der Waals surface area contributed by atoms with Crippen LogP contribution in [0.3, 0.4) is 0 Å². The summed E-state index contributed by atoms with van der Waals surface area (Å²) in [5.41, 5.74) is 0. The van der Waals surface area contributed by atoms with Gasteiger partial charge in [0.25, 0.3) is 0 Å². The van der Waals surface area contributed by atoms with Gasteiger partial charge >= 0.3 is 0 Å². The molecule has 3 heteroatoms. The quantitative estimate of drug-likeness (QED) is 0.456. The number of nitrogens with one attached hydrogen (secondary N) is 1. The number of likely N-dealkylation sites (N-methyl/N-ethyl adjacent to an activating group) is 1. The number of rotatable bonds is 8. The van der Waals surface area contributed by atoms with Crippen LogP contribution in [-0.2, 0) is 4.74 Å². The lowest BCUT2D eigenvalue weighted by molar-refractivity contribution is 0.0641. The number of ether oxygens (including phenoxy) is 1. The molecule has 0 aliphatic carbocycles. The summed E-state index contributed by atoms with van der Waals surface area (Å²) in [4.78, 5) is 2.23. The summed E-state index contributed by atoms with van der Waals surface area (Å²) in [6.07, 6.45) is 5.43. The van der Waals surface area contributed by atoms with E-state index in [1.54, 1.807) is 0 Å². The number of terminal acetylenes is 1. The van der Waals surface area contributed by atoms with Gasteiger partial charge in [0.2, 0.25) is 0 Å². The predicted octanol–water partition coefficient (Wildman–Crippen LogP) is 0.566. The Morgan fingerprint density at radius 3 is 2.71 bits per heavy atom. The van der Waals surface area contributed by atoms with Gasteiger partial charge in [0, 0.05) is 19.6 Å². The molecule has 0 atom stereocenters. The van der Waals surface area contributed by atoms with Crippen molar-refractivity contribution in [1.29, 1.82) is 0 Å². The van der Waals surface area contributed by atoms with Crippen molar-refractivity contribution in [1.82, 2.24) is 10.2 Å². The maximum absolute atomic E-state index is 5.45. The molecule has 0 radical (unpaired) electrons. The van der Waals surface area contributed by atoms with Gasteiger partial charge in [0.05, 0.1) is 19.3 Å². The Balaban J connectivity index is 3.20. The second-order valence-corrected chi connectivity index (χ2v) is 3.60. The molecule has 0 spiro atoms. The molecule has 0 fully saturated rings. The van der Waals surface area contributed by atoms with Crippen molar-refractivity contribution in [2.24, 2.45) is 0 Å². The van der Waals surface area contributed by atoms with Gasteiger partial charge in [0.15, 0.2) is 0 Å². The van der Waals surface area contributed by atoms with Crippen molar-refractivity contribution in [3.63, 3.8) is 0 Å². The van der Waals surface area contributed by atoms with Crippen molar-refractivity contribution in [2.45, 2.75) is 20.0 Å². The average molecular weight is 198 g/mol. The van der Waals surface area contributed by atoms with E-state index >= 15 is 0 Å². The highest BCUT2D eigenvalue weighted by atomic mass is 16.5. The van der Waals surface area contributed by atoms with Crippen LogP contribution < -0.4 is 5.32 Å². The van der Waals surface area contributed by atoms with Gasteiger partial charge in [-0.3, -0.25) is 0 Å². The van der Waals surface area contributed by atoms with E-state index in [0.29, 0.717) is 12.6 Å². The first-order valence-electron chi connectivity index (χ1n) is 5.11. The Kier molecular flexibility index (Phi) is 8.65. The highest BCUT2D eigenvalue weighted by Crippen LogP contribution is 1.88. The van der Waals surface area contributed by atoms with Crippen LogP contribution in [0.5, 0.6) is 0 Å². The third-order valence-corrected chi connectivity index (χ3v) is 1.82. The molecule has 0 aliphatic rings. The monoisotopic (exact) mass is 198 g/mol. The molecule has 0 saturated carbocycles. The lowest BCUT2D eigenvalue weighted by Gasteiger charge is -2.17. The molecule has 0 bridgehead atoms. The maximum atomic E-state index is 5.45. The molecule has 0 heterocycles. The highest BCUT2D eigenvalue weighted by molar-refractivity contribution is 4.86. The van der Waals surface area contributed by atoms with Crippen molar-refractivity contribution in [3.8, 4) is 12.3 Å². The van der Waals surface area contributed by atoms with Crippen LogP contribution in [0.1, 0.15) is 13.8 Å². The van der Waals surface area contributed by atoms with E-state index in [0.717, 1.165) is 26.2 Å². The number of hydrogen-bond acceptors (Lipinski definition) is 3. The van der Waals surface area contributed by atoms with Gasteiger partial charge in [-0.05, 0) is 20.9 Å². The van der Waals surface area contributed by atoms with E-state index in [9.17, 15) is 0 Å². The van der Waals surface area contributed by atoms with E-state index in [1.165, 1.54) is 0 Å². The van der Waals surface area contributed by atoms with Gasteiger partial charge in [-0.1, -0.05) is 5.92 Å². The molecule has 0 amide bonds. The molecule has 1 N–H and O–H groups in total. The van der Waals surface area contributed by atoms with Crippen molar-refractivity contribution in [3.05, 3.63) is 0 Å². The van der Waals surface area contributed by atoms with Crippen molar-refractivity contribution >= 4 is 0 Å². The molecule has 0 aromatic heterocycles. The second-order valence-electron chi connectivity index (χ2n) is 3.60. The number of nitrogens with zero attached hydrogens (tertiary/aromatic N) is 1. The summed E-state index contributed by atoms with van der Waals surface area (Å²) >= 11 is 0. The molecule has 3 nitrogen and oxygen atoms in total. The molecule has 0 aliphatic heterocycles. The largest absolute Gasteiger partial charge is 0.377 e. The smallest absolute Gasteiger partial charge is 0.0596 e. The van der Waals surface area contributed by atoms with Crippen LogP contribution in [-0.4, -0.2) is 50.8 Å². The molecule has 0 aromatic carbocycles. The minimum Gasteiger partial charge on any atom is -0.377 e. The maximum Gasteiger partial charge on any atom is 0.0596 e. The minimum atomic E-state index is 0.322. The third kappa shape index (κ3) is 9.53. The molecule has 0 aromatic rings. The van der Waals surface area contributed by atoms with Crippen molar-refractivity contribution < 1.29 is 4.74 Å². The SMILES string of the molecule is C#CCNCCN(C)CCOC(C)C. The van der Waals surface area contributed by atoms with Crippen molar-refractivity contribution in [2.75, 3.05) is 39.8 Å². The van der Waals surface area contributed by atoms with E-state index in [1.807, 2.05) is 0 Å². The molecule has 0 rings (SSSR count). The Labute approximate surface area is 87.8 Å². The van der Waals surface area contributed by atoms with Crippen LogP contribution in [0.25, 0.3) is 0 Å². The highest BCUT2D eigenvalue weighted by Gasteiger charge is 1.98. The lowest BCUT2D eigenvalue weighted by atomic mass is 10.4. The molecular formula is C11H22N2O. The summed E-state index contributed by atoms with van der Waals surface area (Å²) in [7, 11) is 2.08. The topological polar surface area (TPSA) is 24.5 Å². The van der Waals surface area contributed by atoms with E-state index in [-0.39, 0.29) is 0 Å². The van der Waals surface area contributed by atoms with Gasteiger partial charge < -0.3 is 15.0 Å². The average Bonchev–Trinajstić information content (AvgIpc) is 2.12. The normalized spacial score (nSPS) is 10.9. The summed E-state index contributed by atoms with van der Waals surface area (Å²) < 4.78 is 5.45. The molecule has 0 saturated heterocycles. The van der Waals surface area contributed by atoms with E-state index < -0.39 is 0 Å². The van der Waals surface area contributed by atoms with Crippen LogP contribution in [0.4, 0.5) is 0 Å². The fourth-order valence-corrected chi connectivity index (χ4v) is 0.987. The fraction of sp³-hybridized carbons (Fsp3) is 0.818. The van der Waals surface area contributed by atoms with Crippen LogP contribution in [0.15, 0.2) is 0 Å². The van der Waals surface area contributed by atoms with Gasteiger partial charge in [-0.2, -0.15) is 0 Å². The first kappa shape index (κ1) is 13.4. The Morgan fingerprint density at radius 2 is 2.14 bits per heavy atom. The van der Waals surface area contributed by atoms with Gasteiger partial charge in [-0.25, -0.2) is 0 Å². The second kappa shape index (κ2) is 9.01. The standard InChI is InChI=1S/C11H22N2O/c1-5-6-12-7-8-13(4)9-10-14-11(2)3/h1,11-12H,6-10H2,2-4H3. The van der Waals surface area contributed by atoms with Crippen LogP contribution >= 0.6 is 0 Å². The predicted molar refractivity (Wildman–Crippen MR) is 60.3 cm³/mol. The van der Waals surface area contributed by atoms with Crippen LogP contribution in [0, 0.1) is 12.3 Å². The zero-order valence-electron chi connectivity index (χ0n) is 9.55. The number of hydrogen-bond donors (Lipinski definition) is 1. The molecule has 0 unspecified atom stereocenters. The first-order valence-corrected chi connectivity index (χ1v) is 5.11. The van der Waals surface area contributed by atoms with Gasteiger partial charge in [0.1, 0.15) is 0 Å². The summed E-state index contributed by atoms with van der Waals surface area (Å²) in [6.45, 7) is 8.45. The fourth-order valence-electron chi connectivity index (χ4n) is 0.987. The van der Waals surface area contributed by atoms with E-state index in [2.05, 4.69) is 37.0 Å². The Bertz CT molecular complexity index is 163. The Morgan fingerprint density at radius 1 is 1.43 bits per heavy atom. The summed E-state index contributed by atoms with van der Waals surface area (Å²) in [5, 5.41) is 3.15. The zero-order chi connectivity index (χ0) is 10.8. The summed E-state index contributed by atoms with van der Waals surface area (Å²) in [5.74, 6) is 2.55. The van der Waals surface area contributed by atoms with Crippen LogP contribution in [0.2, 0.25) is 0 Å². The molecule has 14 heavy (non-hydrogen) atoms.